The highest BCUT2D eigenvalue weighted by Crippen LogP contribution is 2.28. The summed E-state index contributed by atoms with van der Waals surface area (Å²) in [5, 5.41) is 20.5. The van der Waals surface area contributed by atoms with Crippen LogP contribution in [-0.2, 0) is 4.79 Å². The molecule has 5 heterocycles. The summed E-state index contributed by atoms with van der Waals surface area (Å²) < 4.78 is 3.56. The maximum Gasteiger partial charge on any atom is 0.237 e. The third-order valence-electron chi connectivity index (χ3n) is 5.37. The number of fused-ring (bicyclic) bond motifs is 1. The molecule has 0 bridgehead atoms. The van der Waals surface area contributed by atoms with Gasteiger partial charge in [-0.15, -0.1) is 15.3 Å². The number of carbonyl (C=O) groups is 1. The van der Waals surface area contributed by atoms with Gasteiger partial charge >= 0.3 is 0 Å². The van der Waals surface area contributed by atoms with Gasteiger partial charge in [-0.25, -0.2) is 4.68 Å². The van der Waals surface area contributed by atoms with Gasteiger partial charge in [0, 0.05) is 24.9 Å². The first-order valence-electron chi connectivity index (χ1n) is 9.04. The zero-order chi connectivity index (χ0) is 17.5. The maximum atomic E-state index is 11.9. The second kappa shape index (κ2) is 6.17. The first-order chi connectivity index (χ1) is 12.8. The van der Waals surface area contributed by atoms with Gasteiger partial charge in [0.2, 0.25) is 5.91 Å². The molecule has 134 valence electrons. The van der Waals surface area contributed by atoms with Gasteiger partial charge in [0.05, 0.1) is 6.04 Å². The van der Waals surface area contributed by atoms with E-state index >= 15 is 0 Å². The van der Waals surface area contributed by atoms with E-state index in [-0.39, 0.29) is 11.9 Å². The molecule has 1 amide bonds. The molecular formula is C17H20N8O. The highest BCUT2D eigenvalue weighted by atomic mass is 16.2. The molecule has 9 heteroatoms. The smallest absolute Gasteiger partial charge is 0.237 e. The number of nitrogens with zero attached hydrogens (tertiary/aromatic N) is 7. The highest BCUT2D eigenvalue weighted by Gasteiger charge is 2.34. The van der Waals surface area contributed by atoms with E-state index in [0.29, 0.717) is 5.92 Å². The Morgan fingerprint density at radius 3 is 2.73 bits per heavy atom. The fraction of sp³-hybridized carbons (Fsp3) is 0.471. The standard InChI is InChI=1S/C17H20N8O/c26-17-13(4-8-18-17)23-10-5-12(6-11-23)16-21-20-14-2-3-15(22-25(14)16)24-9-1-7-19-24/h1-3,7,9,12-13H,4-6,8,10-11H2,(H,18,26). The molecule has 0 aromatic carbocycles. The summed E-state index contributed by atoms with van der Waals surface area (Å²) in [6, 6.07) is 5.71. The first-order valence-corrected chi connectivity index (χ1v) is 9.04. The van der Waals surface area contributed by atoms with Gasteiger partial charge in [0.15, 0.2) is 17.3 Å². The zero-order valence-corrected chi connectivity index (χ0v) is 14.3. The normalized spacial score (nSPS) is 22.2. The quantitative estimate of drug-likeness (QED) is 0.732. The predicted octanol–water partition coefficient (Wildman–Crippen LogP) is 0.378. The lowest BCUT2D eigenvalue weighted by molar-refractivity contribution is -0.124. The molecule has 0 spiro atoms. The van der Waals surface area contributed by atoms with Gasteiger partial charge in [0.25, 0.3) is 0 Å². The minimum absolute atomic E-state index is 0.0376. The number of nitrogens with one attached hydrogen (secondary N) is 1. The maximum absolute atomic E-state index is 11.9. The summed E-state index contributed by atoms with van der Waals surface area (Å²) >= 11 is 0. The van der Waals surface area contributed by atoms with Gasteiger partial charge in [-0.1, -0.05) is 0 Å². The molecule has 9 nitrogen and oxygen atoms in total. The Morgan fingerprint density at radius 2 is 2.00 bits per heavy atom. The van der Waals surface area contributed by atoms with Crippen LogP contribution in [0.15, 0.2) is 30.6 Å². The Balaban J connectivity index is 1.38. The van der Waals surface area contributed by atoms with Gasteiger partial charge in [-0.3, -0.25) is 9.69 Å². The average Bonchev–Trinajstić information content (AvgIpc) is 3.42. The van der Waals surface area contributed by atoms with Gasteiger partial charge < -0.3 is 5.32 Å². The topological polar surface area (TPSA) is 93.2 Å². The molecule has 1 atom stereocenters. The van der Waals surface area contributed by atoms with E-state index in [1.54, 1.807) is 10.9 Å². The Hall–Kier alpha value is -2.81. The summed E-state index contributed by atoms with van der Waals surface area (Å²) in [6.07, 6.45) is 6.42. The van der Waals surface area contributed by atoms with Crippen molar-refractivity contribution in [3.8, 4) is 5.82 Å². The van der Waals surface area contributed by atoms with Crippen molar-refractivity contribution < 1.29 is 4.79 Å². The number of piperidine rings is 1. The van der Waals surface area contributed by atoms with Gasteiger partial charge in [-0.2, -0.15) is 9.61 Å². The summed E-state index contributed by atoms with van der Waals surface area (Å²) in [5.74, 6) is 2.10. The van der Waals surface area contributed by atoms with E-state index < -0.39 is 0 Å². The van der Waals surface area contributed by atoms with Crippen LogP contribution in [0.1, 0.15) is 31.0 Å². The molecule has 2 aliphatic heterocycles. The molecular weight excluding hydrogens is 332 g/mol. The first kappa shape index (κ1) is 15.4. The zero-order valence-electron chi connectivity index (χ0n) is 14.3. The predicted molar refractivity (Wildman–Crippen MR) is 92.9 cm³/mol. The van der Waals surface area contributed by atoms with Crippen molar-refractivity contribution in [2.75, 3.05) is 19.6 Å². The van der Waals surface area contributed by atoms with Crippen LogP contribution in [0.3, 0.4) is 0 Å². The third-order valence-corrected chi connectivity index (χ3v) is 5.37. The van der Waals surface area contributed by atoms with Crippen molar-refractivity contribution in [2.45, 2.75) is 31.2 Å². The van der Waals surface area contributed by atoms with Crippen LogP contribution >= 0.6 is 0 Å². The van der Waals surface area contributed by atoms with Crippen molar-refractivity contribution in [2.24, 2.45) is 0 Å². The Bertz CT molecular complexity index is 926. The van der Waals surface area contributed by atoms with Crippen LogP contribution in [0.5, 0.6) is 0 Å². The molecule has 3 aromatic heterocycles. The lowest BCUT2D eigenvalue weighted by atomic mass is 9.95. The Kier molecular flexibility index (Phi) is 3.66. The third kappa shape index (κ3) is 2.55. The van der Waals surface area contributed by atoms with E-state index in [1.165, 1.54) is 0 Å². The van der Waals surface area contributed by atoms with E-state index in [9.17, 15) is 4.79 Å². The molecule has 2 saturated heterocycles. The minimum atomic E-state index is 0.0376. The number of amides is 1. The average molecular weight is 352 g/mol. The number of hydrogen-bond acceptors (Lipinski definition) is 6. The molecule has 1 N–H and O–H groups in total. The summed E-state index contributed by atoms with van der Waals surface area (Å²) in [6.45, 7) is 2.59. The van der Waals surface area contributed by atoms with Crippen molar-refractivity contribution in [3.63, 3.8) is 0 Å². The number of hydrogen-bond donors (Lipinski definition) is 1. The van der Waals surface area contributed by atoms with Gasteiger partial charge in [-0.05, 0) is 50.6 Å². The van der Waals surface area contributed by atoms with Gasteiger partial charge in [0.1, 0.15) is 0 Å². The lowest BCUT2D eigenvalue weighted by Gasteiger charge is -2.33. The molecule has 0 aliphatic carbocycles. The van der Waals surface area contributed by atoms with Crippen LogP contribution in [0.4, 0.5) is 0 Å². The minimum Gasteiger partial charge on any atom is -0.355 e. The van der Waals surface area contributed by atoms with Crippen LogP contribution in [0.25, 0.3) is 11.5 Å². The van der Waals surface area contributed by atoms with Crippen molar-refractivity contribution in [1.82, 2.24) is 39.8 Å². The SMILES string of the molecule is O=C1NCCC1N1CCC(c2nnc3ccc(-n4cccn4)nn23)CC1. The van der Waals surface area contributed by atoms with Crippen molar-refractivity contribution in [3.05, 3.63) is 36.4 Å². The van der Waals surface area contributed by atoms with Crippen molar-refractivity contribution in [1.29, 1.82) is 0 Å². The molecule has 5 rings (SSSR count). The molecule has 0 radical (unpaired) electrons. The number of rotatable bonds is 3. The van der Waals surface area contributed by atoms with E-state index in [2.05, 4.69) is 30.6 Å². The molecule has 2 aliphatic rings. The lowest BCUT2D eigenvalue weighted by Crippen LogP contribution is -2.44. The van der Waals surface area contributed by atoms with E-state index in [1.807, 2.05) is 28.9 Å². The fourth-order valence-corrected chi connectivity index (χ4v) is 3.98. The van der Waals surface area contributed by atoms with Crippen LogP contribution < -0.4 is 5.32 Å². The number of aromatic nitrogens is 6. The van der Waals surface area contributed by atoms with E-state index in [4.69, 9.17) is 0 Å². The molecule has 26 heavy (non-hydrogen) atoms. The summed E-state index contributed by atoms with van der Waals surface area (Å²) in [5.41, 5.74) is 0.744. The largest absolute Gasteiger partial charge is 0.355 e. The van der Waals surface area contributed by atoms with E-state index in [0.717, 1.165) is 56.2 Å². The molecule has 1 unspecified atom stereocenters. The molecule has 3 aromatic rings. The van der Waals surface area contributed by atoms with Crippen LogP contribution in [0.2, 0.25) is 0 Å². The Morgan fingerprint density at radius 1 is 1.12 bits per heavy atom. The summed E-state index contributed by atoms with van der Waals surface area (Å²) in [4.78, 5) is 14.2. The second-order valence-corrected chi connectivity index (χ2v) is 6.88. The molecule has 0 saturated carbocycles. The Labute approximate surface area is 150 Å². The monoisotopic (exact) mass is 352 g/mol. The number of carbonyl (C=O) groups excluding carboxylic acids is 1. The highest BCUT2D eigenvalue weighted by molar-refractivity contribution is 5.83. The fourth-order valence-electron chi connectivity index (χ4n) is 3.98. The van der Waals surface area contributed by atoms with Crippen LogP contribution in [0, 0.1) is 0 Å². The second-order valence-electron chi connectivity index (χ2n) is 6.88. The summed E-state index contributed by atoms with van der Waals surface area (Å²) in [7, 11) is 0. The molecule has 2 fully saturated rings. The van der Waals surface area contributed by atoms with Crippen molar-refractivity contribution >= 4 is 11.6 Å². The van der Waals surface area contributed by atoms with Crippen LogP contribution in [-0.4, -0.2) is 66.1 Å². The number of likely N-dealkylation sites (tertiary alicyclic amines) is 1.